The van der Waals surface area contributed by atoms with Gasteiger partial charge in [0.2, 0.25) is 0 Å². The molecule has 0 aromatic carbocycles. The van der Waals surface area contributed by atoms with E-state index in [1.807, 2.05) is 0 Å². The maximum Gasteiger partial charge on any atom is 0.0682 e. The Kier molecular flexibility index (Phi) is 3.57. The van der Waals surface area contributed by atoms with Crippen molar-refractivity contribution in [3.05, 3.63) is 0 Å². The van der Waals surface area contributed by atoms with Crippen LogP contribution in [0.5, 0.6) is 0 Å². The van der Waals surface area contributed by atoms with E-state index in [4.69, 9.17) is 0 Å². The van der Waals surface area contributed by atoms with Crippen LogP contribution in [0, 0.1) is 11.8 Å². The lowest BCUT2D eigenvalue weighted by molar-refractivity contribution is -0.116. The van der Waals surface area contributed by atoms with Gasteiger partial charge in [0, 0.05) is 51.9 Å². The van der Waals surface area contributed by atoms with E-state index in [9.17, 15) is 5.11 Å². The van der Waals surface area contributed by atoms with Gasteiger partial charge in [-0.2, -0.15) is 0 Å². The van der Waals surface area contributed by atoms with Gasteiger partial charge >= 0.3 is 0 Å². The molecule has 0 bridgehead atoms. The minimum atomic E-state index is -0.0941. The van der Waals surface area contributed by atoms with Crippen LogP contribution in [0.2, 0.25) is 0 Å². The van der Waals surface area contributed by atoms with E-state index < -0.39 is 0 Å². The highest BCUT2D eigenvalue weighted by atomic mass is 16.3. The molecule has 4 aliphatic rings. The van der Waals surface area contributed by atoms with Crippen molar-refractivity contribution in [3.8, 4) is 0 Å². The van der Waals surface area contributed by atoms with Gasteiger partial charge in [-0.1, -0.05) is 13.8 Å². The fourth-order valence-electron chi connectivity index (χ4n) is 5.03. The highest BCUT2D eigenvalue weighted by molar-refractivity contribution is 5.13. The second-order valence-corrected chi connectivity index (χ2v) is 8.62. The minimum Gasteiger partial charge on any atom is -0.392 e. The molecule has 2 atom stereocenters. The summed E-state index contributed by atoms with van der Waals surface area (Å²) in [6, 6.07) is 0.593. The number of β-amino-alcohol motifs (C(OH)–C–C–N with tert-alkyl or cyclic N) is 1. The summed E-state index contributed by atoms with van der Waals surface area (Å²) < 4.78 is 0. The van der Waals surface area contributed by atoms with Gasteiger partial charge < -0.3 is 5.11 Å². The summed E-state index contributed by atoms with van der Waals surface area (Å²) in [6.45, 7) is 13.0. The molecule has 0 radical (unpaired) electrons. The molecule has 0 aromatic heterocycles. The number of rotatable bonds is 4. The van der Waals surface area contributed by atoms with Crippen molar-refractivity contribution in [2.45, 2.75) is 50.8 Å². The summed E-state index contributed by atoms with van der Waals surface area (Å²) in [5.41, 5.74) is 0.351. The topological polar surface area (TPSA) is 30.0 Å². The third-order valence-corrected chi connectivity index (χ3v) is 5.86. The molecule has 4 nitrogen and oxygen atoms in total. The van der Waals surface area contributed by atoms with Gasteiger partial charge in [0.1, 0.15) is 0 Å². The number of likely N-dealkylation sites (tertiary alicyclic amines) is 1. The van der Waals surface area contributed by atoms with Crippen LogP contribution in [0.1, 0.15) is 33.1 Å². The van der Waals surface area contributed by atoms with Crippen molar-refractivity contribution in [1.29, 1.82) is 0 Å². The van der Waals surface area contributed by atoms with E-state index in [1.165, 1.54) is 52.1 Å². The van der Waals surface area contributed by atoms with E-state index >= 15 is 0 Å². The molecule has 4 heteroatoms. The first kappa shape index (κ1) is 14.4. The predicted molar refractivity (Wildman–Crippen MR) is 84.3 cm³/mol. The lowest BCUT2D eigenvalue weighted by Crippen LogP contribution is -2.78. The van der Waals surface area contributed by atoms with Crippen LogP contribution in [-0.4, -0.2) is 83.3 Å². The lowest BCUT2D eigenvalue weighted by Gasteiger charge is -2.61. The average molecular weight is 293 g/mol. The molecule has 2 unspecified atom stereocenters. The average Bonchev–Trinajstić information content (AvgIpc) is 3.07. The van der Waals surface area contributed by atoms with Crippen LogP contribution in [0.25, 0.3) is 0 Å². The van der Waals surface area contributed by atoms with Crippen molar-refractivity contribution in [2.75, 3.05) is 45.8 Å². The SMILES string of the molecule is CC(C)CN1CC2CC(O)CN2C2(C1)CN(CC1CC1)C2. The summed E-state index contributed by atoms with van der Waals surface area (Å²) in [5, 5.41) is 10.1. The molecule has 3 aliphatic heterocycles. The molecule has 21 heavy (non-hydrogen) atoms. The molecule has 0 aromatic rings. The highest BCUT2D eigenvalue weighted by Gasteiger charge is 2.56. The molecular formula is C17H31N3O. The van der Waals surface area contributed by atoms with Gasteiger partial charge in [-0.25, -0.2) is 0 Å². The number of aliphatic hydroxyl groups excluding tert-OH is 1. The molecule has 3 heterocycles. The Morgan fingerprint density at radius 2 is 1.81 bits per heavy atom. The largest absolute Gasteiger partial charge is 0.392 e. The van der Waals surface area contributed by atoms with Crippen LogP contribution < -0.4 is 0 Å². The third-order valence-electron chi connectivity index (χ3n) is 5.86. The number of hydrogen-bond donors (Lipinski definition) is 1. The van der Waals surface area contributed by atoms with Gasteiger partial charge in [-0.3, -0.25) is 14.7 Å². The molecule has 1 N–H and O–H groups in total. The van der Waals surface area contributed by atoms with Crippen molar-refractivity contribution < 1.29 is 5.11 Å². The van der Waals surface area contributed by atoms with E-state index in [1.54, 1.807) is 0 Å². The fraction of sp³-hybridized carbons (Fsp3) is 1.00. The monoisotopic (exact) mass is 293 g/mol. The van der Waals surface area contributed by atoms with Crippen LogP contribution >= 0.6 is 0 Å². The summed E-state index contributed by atoms with van der Waals surface area (Å²) in [6.07, 6.45) is 3.80. The molecular weight excluding hydrogens is 262 g/mol. The van der Waals surface area contributed by atoms with Gasteiger partial charge in [0.15, 0.2) is 0 Å². The smallest absolute Gasteiger partial charge is 0.0682 e. The second kappa shape index (κ2) is 5.19. The van der Waals surface area contributed by atoms with Gasteiger partial charge in [-0.15, -0.1) is 0 Å². The Morgan fingerprint density at radius 1 is 1.10 bits per heavy atom. The first-order valence-corrected chi connectivity index (χ1v) is 8.93. The maximum absolute atomic E-state index is 10.1. The van der Waals surface area contributed by atoms with Gasteiger partial charge in [0.05, 0.1) is 11.6 Å². The number of fused-ring (bicyclic) bond motifs is 2. The lowest BCUT2D eigenvalue weighted by atomic mass is 9.83. The zero-order chi connectivity index (χ0) is 14.6. The van der Waals surface area contributed by atoms with Crippen LogP contribution in [0.3, 0.4) is 0 Å². The number of hydrogen-bond acceptors (Lipinski definition) is 4. The molecule has 3 saturated heterocycles. The quantitative estimate of drug-likeness (QED) is 0.833. The molecule has 1 saturated carbocycles. The Hall–Kier alpha value is -0.160. The standard InChI is InChI=1S/C17H31N3O/c1-13(2)6-18-8-15-5-16(21)9-20(15)17(10-18)11-19(12-17)7-14-3-4-14/h13-16,21H,3-12H2,1-2H3. The van der Waals surface area contributed by atoms with Crippen molar-refractivity contribution in [3.63, 3.8) is 0 Å². The maximum atomic E-state index is 10.1. The minimum absolute atomic E-state index is 0.0941. The van der Waals surface area contributed by atoms with Crippen molar-refractivity contribution in [2.24, 2.45) is 11.8 Å². The van der Waals surface area contributed by atoms with E-state index in [-0.39, 0.29) is 6.10 Å². The molecule has 1 aliphatic carbocycles. The predicted octanol–water partition coefficient (Wildman–Crippen LogP) is 0.858. The van der Waals surface area contributed by atoms with Gasteiger partial charge in [0.25, 0.3) is 0 Å². The molecule has 1 spiro atoms. The Bertz CT molecular complexity index is 389. The normalized spacial score (nSPS) is 37.1. The summed E-state index contributed by atoms with van der Waals surface area (Å²) >= 11 is 0. The molecule has 0 amide bonds. The number of piperazine rings is 1. The zero-order valence-electron chi connectivity index (χ0n) is 13.7. The van der Waals surface area contributed by atoms with Crippen molar-refractivity contribution in [1.82, 2.24) is 14.7 Å². The van der Waals surface area contributed by atoms with E-state index in [0.29, 0.717) is 11.6 Å². The van der Waals surface area contributed by atoms with Gasteiger partial charge in [-0.05, 0) is 31.1 Å². The van der Waals surface area contributed by atoms with E-state index in [0.717, 1.165) is 24.8 Å². The van der Waals surface area contributed by atoms with Crippen LogP contribution in [0.4, 0.5) is 0 Å². The number of aliphatic hydroxyl groups is 1. The molecule has 120 valence electrons. The third kappa shape index (κ3) is 2.76. The zero-order valence-corrected chi connectivity index (χ0v) is 13.7. The molecule has 4 rings (SSSR count). The first-order valence-electron chi connectivity index (χ1n) is 8.93. The van der Waals surface area contributed by atoms with Crippen molar-refractivity contribution >= 4 is 0 Å². The first-order chi connectivity index (χ1) is 10.0. The fourth-order valence-corrected chi connectivity index (χ4v) is 5.03. The van der Waals surface area contributed by atoms with E-state index in [2.05, 4.69) is 28.5 Å². The summed E-state index contributed by atoms with van der Waals surface area (Å²) in [5.74, 6) is 1.74. The molecule has 4 fully saturated rings. The summed E-state index contributed by atoms with van der Waals surface area (Å²) in [7, 11) is 0. The Morgan fingerprint density at radius 3 is 2.48 bits per heavy atom. The second-order valence-electron chi connectivity index (χ2n) is 8.62. The van der Waals surface area contributed by atoms with Crippen LogP contribution in [0.15, 0.2) is 0 Å². The summed E-state index contributed by atoms with van der Waals surface area (Å²) in [4.78, 5) is 8.02. The Labute approximate surface area is 129 Å². The van der Waals surface area contributed by atoms with Crippen LogP contribution in [-0.2, 0) is 0 Å². The Balaban J connectivity index is 1.44. The number of nitrogens with zero attached hydrogens (tertiary/aromatic N) is 3. The highest BCUT2D eigenvalue weighted by Crippen LogP contribution is 2.41.